The van der Waals surface area contributed by atoms with Crippen LogP contribution < -0.4 is 11.2 Å². The average molecular weight is 244 g/mol. The number of hydrogen-bond acceptors (Lipinski definition) is 2. The summed E-state index contributed by atoms with van der Waals surface area (Å²) >= 11 is 0. The third-order valence-corrected chi connectivity index (χ3v) is 2.93. The summed E-state index contributed by atoms with van der Waals surface area (Å²) in [4.78, 5) is 24.1. The zero-order chi connectivity index (χ0) is 13.1. The molecule has 0 saturated carbocycles. The monoisotopic (exact) mass is 244 g/mol. The molecule has 18 heavy (non-hydrogen) atoms. The quantitative estimate of drug-likeness (QED) is 0.819. The molecule has 0 bridgehead atoms. The minimum Gasteiger partial charge on any atom is -0.300 e. The first-order valence-corrected chi connectivity index (χ1v) is 5.98. The SMILES string of the molecule is CCn1cc(C)c(=O)n(Cc2ccccc2)c1=O. The molecule has 1 aromatic heterocycles. The molecule has 0 saturated heterocycles. The molecular weight excluding hydrogens is 228 g/mol. The van der Waals surface area contributed by atoms with E-state index in [1.54, 1.807) is 17.7 Å². The van der Waals surface area contributed by atoms with Crippen LogP contribution in [0, 0.1) is 6.92 Å². The van der Waals surface area contributed by atoms with Gasteiger partial charge in [-0.1, -0.05) is 30.3 Å². The van der Waals surface area contributed by atoms with Crippen molar-refractivity contribution >= 4 is 0 Å². The normalized spacial score (nSPS) is 10.6. The van der Waals surface area contributed by atoms with Crippen LogP contribution in [0.2, 0.25) is 0 Å². The molecule has 0 aliphatic heterocycles. The molecular formula is C14H16N2O2. The van der Waals surface area contributed by atoms with Crippen LogP contribution >= 0.6 is 0 Å². The maximum atomic E-state index is 12.1. The zero-order valence-electron chi connectivity index (χ0n) is 10.6. The molecule has 4 heteroatoms. The number of aromatic nitrogens is 2. The van der Waals surface area contributed by atoms with Crippen molar-refractivity contribution in [2.24, 2.45) is 0 Å². The summed E-state index contributed by atoms with van der Waals surface area (Å²) in [5.41, 5.74) is 1.07. The van der Waals surface area contributed by atoms with Gasteiger partial charge in [-0.15, -0.1) is 0 Å². The topological polar surface area (TPSA) is 44.0 Å². The van der Waals surface area contributed by atoms with E-state index in [0.717, 1.165) is 5.56 Å². The Balaban J connectivity index is 2.54. The number of aryl methyl sites for hydroxylation is 2. The van der Waals surface area contributed by atoms with Gasteiger partial charge in [0.15, 0.2) is 0 Å². The summed E-state index contributed by atoms with van der Waals surface area (Å²) in [7, 11) is 0. The Kier molecular flexibility index (Phi) is 3.46. The molecule has 1 aromatic carbocycles. The molecule has 0 aliphatic carbocycles. The van der Waals surface area contributed by atoms with Crippen LogP contribution in [-0.2, 0) is 13.1 Å². The lowest BCUT2D eigenvalue weighted by molar-refractivity contribution is 0.594. The fraction of sp³-hybridized carbons (Fsp3) is 0.286. The van der Waals surface area contributed by atoms with Crippen molar-refractivity contribution in [1.82, 2.24) is 9.13 Å². The zero-order valence-corrected chi connectivity index (χ0v) is 10.6. The minimum absolute atomic E-state index is 0.214. The summed E-state index contributed by atoms with van der Waals surface area (Å²) in [6.07, 6.45) is 1.62. The molecule has 0 atom stereocenters. The van der Waals surface area contributed by atoms with Crippen LogP contribution in [0.4, 0.5) is 0 Å². The number of benzene rings is 1. The second kappa shape index (κ2) is 5.04. The van der Waals surface area contributed by atoms with Gasteiger partial charge in [-0.05, 0) is 19.4 Å². The van der Waals surface area contributed by atoms with E-state index >= 15 is 0 Å². The van der Waals surface area contributed by atoms with Crippen molar-refractivity contribution in [2.45, 2.75) is 26.9 Å². The largest absolute Gasteiger partial charge is 0.331 e. The molecule has 1 heterocycles. The Labute approximate surface area is 105 Å². The lowest BCUT2D eigenvalue weighted by Gasteiger charge is -2.10. The Morgan fingerprint density at radius 3 is 2.39 bits per heavy atom. The van der Waals surface area contributed by atoms with Crippen molar-refractivity contribution < 1.29 is 0 Å². The number of hydrogen-bond donors (Lipinski definition) is 0. The minimum atomic E-state index is -0.253. The van der Waals surface area contributed by atoms with Crippen molar-refractivity contribution in [1.29, 1.82) is 0 Å². The molecule has 0 N–H and O–H groups in total. The molecule has 0 amide bonds. The van der Waals surface area contributed by atoms with Gasteiger partial charge in [0.25, 0.3) is 5.56 Å². The molecule has 0 aliphatic rings. The number of nitrogens with zero attached hydrogens (tertiary/aromatic N) is 2. The molecule has 0 fully saturated rings. The highest BCUT2D eigenvalue weighted by atomic mass is 16.2. The standard InChI is InChI=1S/C14H16N2O2/c1-3-15-9-11(2)13(17)16(14(15)18)10-12-7-5-4-6-8-12/h4-9H,3,10H2,1-2H3. The van der Waals surface area contributed by atoms with Crippen LogP contribution in [0.1, 0.15) is 18.1 Å². The molecule has 2 rings (SSSR count). The van der Waals surface area contributed by atoms with Crippen molar-refractivity contribution in [3.8, 4) is 0 Å². The highest BCUT2D eigenvalue weighted by Crippen LogP contribution is 1.99. The van der Waals surface area contributed by atoms with Gasteiger partial charge < -0.3 is 4.57 Å². The van der Waals surface area contributed by atoms with Crippen LogP contribution in [0.3, 0.4) is 0 Å². The fourth-order valence-electron chi connectivity index (χ4n) is 1.93. The van der Waals surface area contributed by atoms with Gasteiger partial charge in [-0.3, -0.25) is 9.36 Å². The summed E-state index contributed by atoms with van der Waals surface area (Å²) < 4.78 is 2.84. The number of rotatable bonds is 3. The van der Waals surface area contributed by atoms with E-state index in [1.165, 1.54) is 4.57 Å². The van der Waals surface area contributed by atoms with Gasteiger partial charge in [-0.2, -0.15) is 0 Å². The molecule has 2 aromatic rings. The molecule has 0 radical (unpaired) electrons. The second-order valence-electron chi connectivity index (χ2n) is 4.26. The molecule has 94 valence electrons. The van der Waals surface area contributed by atoms with E-state index in [-0.39, 0.29) is 11.2 Å². The van der Waals surface area contributed by atoms with E-state index in [9.17, 15) is 9.59 Å². The summed E-state index contributed by atoms with van der Waals surface area (Å²) in [6, 6.07) is 9.52. The van der Waals surface area contributed by atoms with Crippen LogP contribution in [-0.4, -0.2) is 9.13 Å². The van der Waals surface area contributed by atoms with E-state index < -0.39 is 0 Å². The Bertz CT molecular complexity index is 654. The Morgan fingerprint density at radius 1 is 1.11 bits per heavy atom. The summed E-state index contributed by atoms with van der Waals surface area (Å²) in [6.45, 7) is 4.50. The van der Waals surface area contributed by atoms with Crippen LogP contribution in [0.15, 0.2) is 46.1 Å². The average Bonchev–Trinajstić information content (AvgIpc) is 2.40. The molecule has 0 unspecified atom stereocenters. The van der Waals surface area contributed by atoms with Crippen LogP contribution in [0.5, 0.6) is 0 Å². The second-order valence-corrected chi connectivity index (χ2v) is 4.26. The van der Waals surface area contributed by atoms with Gasteiger partial charge in [-0.25, -0.2) is 4.79 Å². The first kappa shape index (κ1) is 12.4. The molecule has 0 spiro atoms. The van der Waals surface area contributed by atoms with Gasteiger partial charge in [0.05, 0.1) is 6.54 Å². The van der Waals surface area contributed by atoms with Gasteiger partial charge in [0, 0.05) is 18.3 Å². The highest BCUT2D eigenvalue weighted by molar-refractivity contribution is 5.15. The summed E-state index contributed by atoms with van der Waals surface area (Å²) in [5, 5.41) is 0. The smallest absolute Gasteiger partial charge is 0.300 e. The lowest BCUT2D eigenvalue weighted by atomic mass is 10.2. The third-order valence-electron chi connectivity index (χ3n) is 2.93. The van der Waals surface area contributed by atoms with Gasteiger partial charge in [0.2, 0.25) is 0 Å². The van der Waals surface area contributed by atoms with E-state index in [4.69, 9.17) is 0 Å². The first-order chi connectivity index (χ1) is 8.63. The van der Waals surface area contributed by atoms with E-state index in [2.05, 4.69) is 0 Å². The van der Waals surface area contributed by atoms with E-state index in [1.807, 2.05) is 37.3 Å². The Morgan fingerprint density at radius 2 is 1.78 bits per heavy atom. The maximum Gasteiger partial charge on any atom is 0.331 e. The fourth-order valence-corrected chi connectivity index (χ4v) is 1.93. The van der Waals surface area contributed by atoms with Crippen LogP contribution in [0.25, 0.3) is 0 Å². The molecule has 4 nitrogen and oxygen atoms in total. The van der Waals surface area contributed by atoms with Crippen molar-refractivity contribution in [3.05, 3.63) is 68.5 Å². The predicted molar refractivity (Wildman–Crippen MR) is 70.9 cm³/mol. The van der Waals surface area contributed by atoms with Gasteiger partial charge in [0.1, 0.15) is 0 Å². The van der Waals surface area contributed by atoms with E-state index in [0.29, 0.717) is 18.7 Å². The lowest BCUT2D eigenvalue weighted by Crippen LogP contribution is -2.40. The van der Waals surface area contributed by atoms with Gasteiger partial charge >= 0.3 is 5.69 Å². The highest BCUT2D eigenvalue weighted by Gasteiger charge is 2.08. The van der Waals surface area contributed by atoms with Crippen molar-refractivity contribution in [2.75, 3.05) is 0 Å². The predicted octanol–water partition coefficient (Wildman–Crippen LogP) is 1.39. The maximum absolute atomic E-state index is 12.1. The first-order valence-electron chi connectivity index (χ1n) is 5.98. The summed E-state index contributed by atoms with van der Waals surface area (Å²) in [5.74, 6) is 0. The van der Waals surface area contributed by atoms with Crippen molar-refractivity contribution in [3.63, 3.8) is 0 Å². The third kappa shape index (κ3) is 2.27. The Hall–Kier alpha value is -2.10.